The number of rotatable bonds is 4. The summed E-state index contributed by atoms with van der Waals surface area (Å²) < 4.78 is 0. The van der Waals surface area contributed by atoms with E-state index in [0.29, 0.717) is 17.8 Å². The van der Waals surface area contributed by atoms with Gasteiger partial charge in [0.2, 0.25) is 0 Å². The second-order valence-electron chi connectivity index (χ2n) is 2.86. The van der Waals surface area contributed by atoms with Crippen LogP contribution in [0, 0.1) is 0 Å². The summed E-state index contributed by atoms with van der Waals surface area (Å²) in [6, 6.07) is 6.30. The molecule has 1 rings (SSSR count). The normalized spacial score (nSPS) is 9.07. The van der Waals surface area contributed by atoms with Crippen LogP contribution in [0.3, 0.4) is 0 Å². The van der Waals surface area contributed by atoms with Gasteiger partial charge >= 0.3 is 6.03 Å². The summed E-state index contributed by atoms with van der Waals surface area (Å²) in [7, 11) is 0. The van der Waals surface area contributed by atoms with E-state index in [4.69, 9.17) is 0 Å². The standard InChI is InChI=1S/C11H12N2O2/c1-2-7-12-11(15)13-10-5-3-9(8-14)4-6-10/h2-6,8H,1,7H2,(H2,12,13,15). The molecule has 4 heteroatoms. The fourth-order valence-electron chi connectivity index (χ4n) is 0.985. The van der Waals surface area contributed by atoms with Crippen molar-refractivity contribution in [2.45, 2.75) is 0 Å². The molecule has 0 spiro atoms. The molecule has 0 heterocycles. The van der Waals surface area contributed by atoms with Crippen LogP contribution in [-0.4, -0.2) is 18.9 Å². The second-order valence-corrected chi connectivity index (χ2v) is 2.86. The maximum absolute atomic E-state index is 11.2. The SMILES string of the molecule is C=CCNC(=O)Nc1ccc(C=O)cc1. The van der Waals surface area contributed by atoms with Crippen LogP contribution in [-0.2, 0) is 0 Å². The van der Waals surface area contributed by atoms with E-state index >= 15 is 0 Å². The molecule has 0 fully saturated rings. The predicted molar refractivity (Wildman–Crippen MR) is 59.0 cm³/mol. The third kappa shape index (κ3) is 3.64. The van der Waals surface area contributed by atoms with Crippen molar-refractivity contribution in [3.63, 3.8) is 0 Å². The number of carbonyl (C=O) groups is 2. The molecule has 0 aromatic heterocycles. The highest BCUT2D eigenvalue weighted by atomic mass is 16.2. The molecule has 0 aliphatic carbocycles. The van der Waals surface area contributed by atoms with Gasteiger partial charge in [0.05, 0.1) is 0 Å². The minimum absolute atomic E-state index is 0.297. The number of anilines is 1. The molecule has 2 N–H and O–H groups in total. The van der Waals surface area contributed by atoms with Gasteiger partial charge in [-0.3, -0.25) is 4.79 Å². The minimum atomic E-state index is -0.297. The Morgan fingerprint density at radius 1 is 1.33 bits per heavy atom. The molecule has 4 nitrogen and oxygen atoms in total. The van der Waals surface area contributed by atoms with E-state index in [-0.39, 0.29) is 6.03 Å². The van der Waals surface area contributed by atoms with Crippen LogP contribution in [0.2, 0.25) is 0 Å². The quantitative estimate of drug-likeness (QED) is 0.580. The highest BCUT2D eigenvalue weighted by molar-refractivity contribution is 5.89. The van der Waals surface area contributed by atoms with Crippen LogP contribution >= 0.6 is 0 Å². The van der Waals surface area contributed by atoms with Crippen molar-refractivity contribution < 1.29 is 9.59 Å². The van der Waals surface area contributed by atoms with E-state index in [1.54, 1.807) is 30.3 Å². The van der Waals surface area contributed by atoms with Crippen LogP contribution < -0.4 is 10.6 Å². The lowest BCUT2D eigenvalue weighted by atomic mass is 10.2. The number of hydrogen-bond acceptors (Lipinski definition) is 2. The monoisotopic (exact) mass is 204 g/mol. The van der Waals surface area contributed by atoms with Gasteiger partial charge in [0, 0.05) is 17.8 Å². The Bertz CT molecular complexity index is 357. The van der Waals surface area contributed by atoms with Gasteiger partial charge in [0.1, 0.15) is 6.29 Å². The summed E-state index contributed by atoms with van der Waals surface area (Å²) in [4.78, 5) is 21.6. The molecule has 0 unspecified atom stereocenters. The minimum Gasteiger partial charge on any atom is -0.334 e. The smallest absolute Gasteiger partial charge is 0.319 e. The largest absolute Gasteiger partial charge is 0.334 e. The Morgan fingerprint density at radius 3 is 2.53 bits per heavy atom. The van der Waals surface area contributed by atoms with Crippen molar-refractivity contribution in [3.05, 3.63) is 42.5 Å². The molecule has 0 bridgehead atoms. The first-order valence-corrected chi connectivity index (χ1v) is 4.47. The maximum atomic E-state index is 11.2. The summed E-state index contributed by atoms with van der Waals surface area (Å²) in [6.45, 7) is 3.90. The molecule has 78 valence electrons. The van der Waals surface area contributed by atoms with Crippen LogP contribution in [0.4, 0.5) is 10.5 Å². The Kier molecular flexibility index (Phi) is 4.09. The molecule has 15 heavy (non-hydrogen) atoms. The second kappa shape index (κ2) is 5.59. The Balaban J connectivity index is 2.53. The fourth-order valence-corrected chi connectivity index (χ4v) is 0.985. The van der Waals surface area contributed by atoms with Crippen LogP contribution in [0.1, 0.15) is 10.4 Å². The van der Waals surface area contributed by atoms with Crippen molar-refractivity contribution >= 4 is 18.0 Å². The Hall–Kier alpha value is -2.10. The predicted octanol–water partition coefficient (Wildman–Crippen LogP) is 1.81. The topological polar surface area (TPSA) is 58.2 Å². The van der Waals surface area contributed by atoms with Gasteiger partial charge in [-0.1, -0.05) is 6.08 Å². The summed E-state index contributed by atoms with van der Waals surface area (Å²) in [6.07, 6.45) is 2.34. The van der Waals surface area contributed by atoms with Crippen LogP contribution in [0.5, 0.6) is 0 Å². The van der Waals surface area contributed by atoms with Crippen molar-refractivity contribution in [2.75, 3.05) is 11.9 Å². The number of nitrogens with one attached hydrogen (secondary N) is 2. The molecule has 0 saturated heterocycles. The first kappa shape index (κ1) is 11.0. The highest BCUT2D eigenvalue weighted by Gasteiger charge is 1.99. The van der Waals surface area contributed by atoms with E-state index < -0.39 is 0 Å². The average molecular weight is 204 g/mol. The van der Waals surface area contributed by atoms with Crippen molar-refractivity contribution in [1.29, 1.82) is 0 Å². The molecular weight excluding hydrogens is 192 g/mol. The zero-order valence-corrected chi connectivity index (χ0v) is 8.19. The van der Waals surface area contributed by atoms with Crippen LogP contribution in [0.25, 0.3) is 0 Å². The Labute approximate surface area is 88.0 Å². The maximum Gasteiger partial charge on any atom is 0.319 e. The molecular formula is C11H12N2O2. The molecule has 0 atom stereocenters. The van der Waals surface area contributed by atoms with Gasteiger partial charge in [-0.15, -0.1) is 6.58 Å². The average Bonchev–Trinajstić information content (AvgIpc) is 2.27. The van der Waals surface area contributed by atoms with E-state index in [1.807, 2.05) is 0 Å². The van der Waals surface area contributed by atoms with Crippen molar-refractivity contribution in [3.8, 4) is 0 Å². The molecule has 1 aromatic carbocycles. The third-order valence-corrected chi connectivity index (χ3v) is 1.71. The molecule has 0 saturated carbocycles. The van der Waals surface area contributed by atoms with E-state index in [2.05, 4.69) is 17.2 Å². The number of aldehydes is 1. The Morgan fingerprint density at radius 2 is 2.00 bits per heavy atom. The molecule has 1 aromatic rings. The van der Waals surface area contributed by atoms with Crippen molar-refractivity contribution in [1.82, 2.24) is 5.32 Å². The van der Waals surface area contributed by atoms with Crippen molar-refractivity contribution in [2.24, 2.45) is 0 Å². The summed E-state index contributed by atoms with van der Waals surface area (Å²) >= 11 is 0. The number of benzene rings is 1. The first-order chi connectivity index (χ1) is 7.26. The molecule has 0 aliphatic heterocycles. The van der Waals surface area contributed by atoms with Gasteiger partial charge in [0.15, 0.2) is 0 Å². The van der Waals surface area contributed by atoms with Gasteiger partial charge in [-0.25, -0.2) is 4.79 Å². The van der Waals surface area contributed by atoms with Gasteiger partial charge in [0.25, 0.3) is 0 Å². The van der Waals surface area contributed by atoms with Crippen LogP contribution in [0.15, 0.2) is 36.9 Å². The molecule has 0 aliphatic rings. The lowest BCUT2D eigenvalue weighted by Gasteiger charge is -2.05. The zero-order valence-electron chi connectivity index (χ0n) is 8.19. The zero-order chi connectivity index (χ0) is 11.1. The van der Waals surface area contributed by atoms with Gasteiger partial charge in [-0.05, 0) is 24.3 Å². The number of amides is 2. The molecule has 2 amide bonds. The van der Waals surface area contributed by atoms with Gasteiger partial charge < -0.3 is 10.6 Å². The lowest BCUT2D eigenvalue weighted by molar-refractivity contribution is 0.112. The number of urea groups is 1. The number of hydrogen-bond donors (Lipinski definition) is 2. The third-order valence-electron chi connectivity index (χ3n) is 1.71. The summed E-state index contributed by atoms with van der Waals surface area (Å²) in [5.74, 6) is 0. The summed E-state index contributed by atoms with van der Waals surface area (Å²) in [5.41, 5.74) is 1.22. The first-order valence-electron chi connectivity index (χ1n) is 4.47. The highest BCUT2D eigenvalue weighted by Crippen LogP contribution is 2.07. The van der Waals surface area contributed by atoms with E-state index in [9.17, 15) is 9.59 Å². The van der Waals surface area contributed by atoms with E-state index in [1.165, 1.54) is 0 Å². The van der Waals surface area contributed by atoms with Gasteiger partial charge in [-0.2, -0.15) is 0 Å². The lowest BCUT2D eigenvalue weighted by Crippen LogP contribution is -2.28. The molecule has 0 radical (unpaired) electrons. The fraction of sp³-hybridized carbons (Fsp3) is 0.0909. The number of carbonyl (C=O) groups excluding carboxylic acids is 2. The van der Waals surface area contributed by atoms with E-state index in [0.717, 1.165) is 6.29 Å². The summed E-state index contributed by atoms with van der Waals surface area (Å²) in [5, 5.41) is 5.19.